The predicted octanol–water partition coefficient (Wildman–Crippen LogP) is 9.86. The summed E-state index contributed by atoms with van der Waals surface area (Å²) in [4.78, 5) is 5.69. The van der Waals surface area contributed by atoms with Crippen LogP contribution in [0.5, 0.6) is 0 Å². The maximum absolute atomic E-state index is 13.9. The van der Waals surface area contributed by atoms with Crippen molar-refractivity contribution in [2.75, 3.05) is 19.6 Å². The molecule has 0 N–H and O–H groups in total. The second-order valence-electron chi connectivity index (χ2n) is 13.7. The Morgan fingerprint density at radius 3 is 1.93 bits per heavy atom. The molecule has 0 bridgehead atoms. The summed E-state index contributed by atoms with van der Waals surface area (Å²) in [7, 11) is 0. The number of benzene rings is 5. The molecule has 3 heterocycles. The summed E-state index contributed by atoms with van der Waals surface area (Å²) in [5.41, 5.74) is 4.43. The first-order valence-corrected chi connectivity index (χ1v) is 17.2. The highest BCUT2D eigenvalue weighted by Gasteiger charge is 2.48. The van der Waals surface area contributed by atoms with E-state index in [0.29, 0.717) is 18.0 Å². The largest absolute Gasteiger partial charge is 0.300 e. The number of rotatable bonds is 7. The molecule has 2 nitrogen and oxygen atoms in total. The highest BCUT2D eigenvalue weighted by atomic mass is 19.1. The van der Waals surface area contributed by atoms with Gasteiger partial charge in [0.25, 0.3) is 0 Å². The molecule has 46 heavy (non-hydrogen) atoms. The van der Waals surface area contributed by atoms with Gasteiger partial charge >= 0.3 is 0 Å². The Morgan fingerprint density at radius 1 is 0.717 bits per heavy atom. The van der Waals surface area contributed by atoms with Gasteiger partial charge in [-0.2, -0.15) is 0 Å². The summed E-state index contributed by atoms with van der Waals surface area (Å²) >= 11 is 0. The number of likely N-dealkylation sites (tertiary alicyclic amines) is 1. The van der Waals surface area contributed by atoms with Crippen molar-refractivity contribution in [2.45, 2.75) is 57.2 Å². The molecule has 4 atom stereocenters. The zero-order valence-corrected chi connectivity index (χ0v) is 26.4. The molecular formula is C42H42F2N2. The number of allylic oxidation sites excluding steroid dienone is 1. The lowest BCUT2D eigenvalue weighted by Gasteiger charge is -2.57. The van der Waals surface area contributed by atoms with Crippen molar-refractivity contribution >= 4 is 27.1 Å². The molecule has 3 saturated heterocycles. The van der Waals surface area contributed by atoms with Crippen molar-refractivity contribution in [3.63, 3.8) is 0 Å². The van der Waals surface area contributed by atoms with E-state index in [0.717, 1.165) is 48.5 Å². The van der Waals surface area contributed by atoms with E-state index in [4.69, 9.17) is 0 Å². The number of fused-ring (bicyclic) bond motifs is 2. The molecule has 8 rings (SSSR count). The first-order valence-electron chi connectivity index (χ1n) is 17.2. The lowest BCUT2D eigenvalue weighted by molar-refractivity contribution is -0.0802. The number of hydrogen-bond acceptors (Lipinski definition) is 2. The van der Waals surface area contributed by atoms with E-state index < -0.39 is 0 Å². The summed E-state index contributed by atoms with van der Waals surface area (Å²) in [6, 6.07) is 34.7. The van der Waals surface area contributed by atoms with Crippen molar-refractivity contribution in [3.05, 3.63) is 138 Å². The molecule has 0 aromatic heterocycles. The zero-order chi connectivity index (χ0) is 31.0. The van der Waals surface area contributed by atoms with E-state index in [9.17, 15) is 8.78 Å². The minimum absolute atomic E-state index is 0.245. The molecule has 0 radical (unpaired) electrons. The lowest BCUT2D eigenvalue weighted by atomic mass is 9.69. The van der Waals surface area contributed by atoms with Crippen LogP contribution < -0.4 is 0 Å². The fraction of sp³-hybridized carbons (Fsp3) is 0.333. The minimum atomic E-state index is -0.245. The molecule has 0 unspecified atom stereocenters. The maximum atomic E-state index is 13.9. The van der Waals surface area contributed by atoms with Crippen molar-refractivity contribution < 1.29 is 8.78 Å². The second kappa shape index (κ2) is 12.7. The molecule has 234 valence electrons. The molecular weight excluding hydrogens is 570 g/mol. The molecule has 3 aliphatic rings. The Kier molecular flexibility index (Phi) is 8.18. The first-order chi connectivity index (χ1) is 22.6. The molecule has 0 spiro atoms. The lowest BCUT2D eigenvalue weighted by Crippen LogP contribution is -2.64. The fourth-order valence-corrected chi connectivity index (χ4v) is 9.20. The van der Waals surface area contributed by atoms with E-state index in [2.05, 4.69) is 70.5 Å². The first kappa shape index (κ1) is 29.5. The Balaban J connectivity index is 1.16. The third kappa shape index (κ3) is 5.67. The summed E-state index contributed by atoms with van der Waals surface area (Å²) in [5.74, 6) is 0.887. The van der Waals surface area contributed by atoms with Crippen molar-refractivity contribution in [2.24, 2.45) is 11.8 Å². The SMILES string of the molecule is Fc1ccc(C(=CCC[C@@H]2[C@H]3CCCN4CCC[C@H](CN2Cc2c5ccccc5cc5ccccc25)[C@@H]34)c2ccc(F)cc2)cc1. The number of halogens is 2. The van der Waals surface area contributed by atoms with Crippen LogP contribution in [0.1, 0.15) is 55.2 Å². The van der Waals surface area contributed by atoms with Gasteiger partial charge in [-0.3, -0.25) is 9.80 Å². The van der Waals surface area contributed by atoms with Crippen LogP contribution in [0.2, 0.25) is 0 Å². The van der Waals surface area contributed by atoms with Crippen LogP contribution in [-0.2, 0) is 6.54 Å². The van der Waals surface area contributed by atoms with Gasteiger partial charge in [0, 0.05) is 25.2 Å². The topological polar surface area (TPSA) is 6.48 Å². The van der Waals surface area contributed by atoms with Crippen molar-refractivity contribution in [1.29, 1.82) is 0 Å². The third-order valence-corrected chi connectivity index (χ3v) is 11.1. The molecule has 0 saturated carbocycles. The second-order valence-corrected chi connectivity index (χ2v) is 13.7. The van der Waals surface area contributed by atoms with Crippen LogP contribution in [0.4, 0.5) is 8.78 Å². The molecule has 4 heteroatoms. The molecule has 5 aromatic rings. The Morgan fingerprint density at radius 2 is 1.30 bits per heavy atom. The minimum Gasteiger partial charge on any atom is -0.300 e. The van der Waals surface area contributed by atoms with E-state index in [1.165, 1.54) is 90.1 Å². The molecule has 0 aliphatic carbocycles. The smallest absolute Gasteiger partial charge is 0.123 e. The molecule has 3 fully saturated rings. The maximum Gasteiger partial charge on any atom is 0.123 e. The quantitative estimate of drug-likeness (QED) is 0.169. The molecule has 3 aliphatic heterocycles. The van der Waals surface area contributed by atoms with Gasteiger partial charge in [-0.1, -0.05) is 78.9 Å². The van der Waals surface area contributed by atoms with Gasteiger partial charge in [-0.05, 0) is 138 Å². The normalized spacial score (nSPS) is 23.3. The molecule has 0 amide bonds. The van der Waals surface area contributed by atoms with Gasteiger partial charge in [0.2, 0.25) is 0 Å². The van der Waals surface area contributed by atoms with Gasteiger partial charge in [0.15, 0.2) is 0 Å². The van der Waals surface area contributed by atoms with Gasteiger partial charge in [-0.25, -0.2) is 8.78 Å². The van der Waals surface area contributed by atoms with Crippen LogP contribution in [0.15, 0.2) is 109 Å². The van der Waals surface area contributed by atoms with E-state index in [1.54, 1.807) is 0 Å². The van der Waals surface area contributed by atoms with Crippen molar-refractivity contribution in [1.82, 2.24) is 9.80 Å². The predicted molar refractivity (Wildman–Crippen MR) is 186 cm³/mol. The van der Waals surface area contributed by atoms with Crippen LogP contribution in [0.3, 0.4) is 0 Å². The van der Waals surface area contributed by atoms with Gasteiger partial charge < -0.3 is 0 Å². The Hall–Kier alpha value is -3.86. The van der Waals surface area contributed by atoms with Gasteiger partial charge in [0.1, 0.15) is 11.6 Å². The highest BCUT2D eigenvalue weighted by molar-refractivity contribution is 6.02. The third-order valence-electron chi connectivity index (χ3n) is 11.1. The van der Waals surface area contributed by atoms with Crippen LogP contribution in [-0.4, -0.2) is 41.5 Å². The highest BCUT2D eigenvalue weighted by Crippen LogP contribution is 2.44. The Labute approximate surface area is 271 Å². The van der Waals surface area contributed by atoms with Crippen LogP contribution in [0.25, 0.3) is 27.1 Å². The van der Waals surface area contributed by atoms with Gasteiger partial charge in [0.05, 0.1) is 0 Å². The number of nitrogens with zero attached hydrogens (tertiary/aromatic N) is 2. The fourth-order valence-electron chi connectivity index (χ4n) is 9.20. The summed E-state index contributed by atoms with van der Waals surface area (Å²) < 4.78 is 27.8. The van der Waals surface area contributed by atoms with Gasteiger partial charge in [-0.15, -0.1) is 0 Å². The monoisotopic (exact) mass is 612 g/mol. The average Bonchev–Trinajstić information content (AvgIpc) is 3.09. The summed E-state index contributed by atoms with van der Waals surface area (Å²) in [6.45, 7) is 4.60. The average molecular weight is 613 g/mol. The molecule has 5 aromatic carbocycles. The number of piperidine rings is 3. The van der Waals surface area contributed by atoms with E-state index in [1.807, 2.05) is 24.3 Å². The summed E-state index contributed by atoms with van der Waals surface area (Å²) in [5, 5.41) is 5.36. The van der Waals surface area contributed by atoms with Crippen LogP contribution >= 0.6 is 0 Å². The standard InChI is InChI=1S/C42H42F2N2/c43-34-20-16-29(17-21-34)36(30-18-22-35(44)23-19-30)13-5-15-41-39-14-7-25-45-24-6-10-33(42(39)45)27-46(41)28-40-37-11-3-1-8-31(37)26-32-9-2-4-12-38(32)40/h1-4,8-9,11-13,16-23,26,33,39,41-42H,5-7,10,14-15,24-25,27-28H2/t33-,39-,41-,42+/m1/s1. The number of hydrogen-bond donors (Lipinski definition) is 0. The zero-order valence-electron chi connectivity index (χ0n) is 26.4. The van der Waals surface area contributed by atoms with E-state index >= 15 is 0 Å². The van der Waals surface area contributed by atoms with Crippen molar-refractivity contribution in [3.8, 4) is 0 Å². The summed E-state index contributed by atoms with van der Waals surface area (Å²) in [6.07, 6.45) is 9.51. The van der Waals surface area contributed by atoms with Crippen LogP contribution in [0, 0.1) is 23.5 Å². The van der Waals surface area contributed by atoms with E-state index in [-0.39, 0.29) is 11.6 Å². The Bertz CT molecular complexity index is 1760.